The van der Waals surface area contributed by atoms with Gasteiger partial charge in [0.1, 0.15) is 5.78 Å². The summed E-state index contributed by atoms with van der Waals surface area (Å²) in [6.45, 7) is 3.69. The van der Waals surface area contributed by atoms with Crippen molar-refractivity contribution >= 4 is 17.5 Å². The number of benzene rings is 1. The highest BCUT2D eigenvalue weighted by Gasteiger charge is 2.28. The monoisotopic (exact) mass is 235 g/mol. The number of thioether (sulfide) groups is 1. The zero-order valence-corrected chi connectivity index (χ0v) is 10.3. The van der Waals surface area contributed by atoms with E-state index in [2.05, 4.69) is 17.4 Å². The Morgan fingerprint density at radius 3 is 2.75 bits per heavy atom. The molecule has 16 heavy (non-hydrogen) atoms. The molecule has 1 fully saturated rings. The summed E-state index contributed by atoms with van der Waals surface area (Å²) in [5.41, 5.74) is 1.15. The molecule has 2 rings (SSSR count). The van der Waals surface area contributed by atoms with Gasteiger partial charge in [0.25, 0.3) is 0 Å². The molecule has 1 N–H and O–H groups in total. The number of hydrogen-bond donors (Lipinski definition) is 1. The molecule has 0 amide bonds. The van der Waals surface area contributed by atoms with E-state index in [-0.39, 0.29) is 11.7 Å². The van der Waals surface area contributed by atoms with Crippen LogP contribution in [0.3, 0.4) is 0 Å². The summed E-state index contributed by atoms with van der Waals surface area (Å²) < 4.78 is 0. The maximum absolute atomic E-state index is 11.8. The number of ketones is 1. The first-order chi connectivity index (χ1) is 7.79. The zero-order valence-electron chi connectivity index (χ0n) is 9.48. The van der Waals surface area contributed by atoms with Crippen molar-refractivity contribution < 1.29 is 4.79 Å². The topological polar surface area (TPSA) is 29.1 Å². The van der Waals surface area contributed by atoms with Gasteiger partial charge < -0.3 is 5.32 Å². The van der Waals surface area contributed by atoms with Crippen LogP contribution in [0.1, 0.15) is 18.4 Å². The van der Waals surface area contributed by atoms with E-state index < -0.39 is 0 Å². The van der Waals surface area contributed by atoms with Crippen molar-refractivity contribution in [3.05, 3.63) is 35.9 Å². The van der Waals surface area contributed by atoms with Crippen molar-refractivity contribution in [2.24, 2.45) is 0 Å². The third-order valence-electron chi connectivity index (χ3n) is 2.92. The lowest BCUT2D eigenvalue weighted by molar-refractivity contribution is -0.118. The van der Waals surface area contributed by atoms with Gasteiger partial charge in [0.15, 0.2) is 0 Å². The standard InChI is InChI=1S/C13H17NOS/c1-10(15)13(11-5-3-2-4-6-11)12-9-14-7-8-16-12/h2-6,12-14H,7-9H2,1H3. The average molecular weight is 235 g/mol. The Kier molecular flexibility index (Phi) is 4.02. The SMILES string of the molecule is CC(=O)C(c1ccccc1)C1CNCCS1. The molecule has 1 saturated heterocycles. The minimum atomic E-state index is 0.0407. The molecule has 0 bridgehead atoms. The lowest BCUT2D eigenvalue weighted by Crippen LogP contribution is -2.38. The van der Waals surface area contributed by atoms with E-state index in [0.717, 1.165) is 24.4 Å². The van der Waals surface area contributed by atoms with Crippen molar-refractivity contribution in [2.75, 3.05) is 18.8 Å². The minimum absolute atomic E-state index is 0.0407. The van der Waals surface area contributed by atoms with E-state index in [1.165, 1.54) is 0 Å². The number of Topliss-reactive ketones (excluding diaryl/α,β-unsaturated/α-hetero) is 1. The Hall–Kier alpha value is -0.800. The Labute approximate surface area is 101 Å². The molecule has 1 aliphatic heterocycles. The Morgan fingerprint density at radius 1 is 1.44 bits per heavy atom. The van der Waals surface area contributed by atoms with E-state index in [0.29, 0.717) is 5.25 Å². The second-order valence-electron chi connectivity index (χ2n) is 4.11. The fourth-order valence-corrected chi connectivity index (χ4v) is 3.51. The van der Waals surface area contributed by atoms with Crippen LogP contribution in [0.25, 0.3) is 0 Å². The second kappa shape index (κ2) is 5.51. The highest BCUT2D eigenvalue weighted by atomic mass is 32.2. The van der Waals surface area contributed by atoms with Crippen LogP contribution in [0.4, 0.5) is 0 Å². The lowest BCUT2D eigenvalue weighted by Gasteiger charge is -2.29. The van der Waals surface area contributed by atoms with Gasteiger partial charge in [-0.25, -0.2) is 0 Å². The number of carbonyl (C=O) groups excluding carboxylic acids is 1. The molecule has 0 spiro atoms. The van der Waals surface area contributed by atoms with Crippen LogP contribution in [0.2, 0.25) is 0 Å². The van der Waals surface area contributed by atoms with Crippen molar-refractivity contribution in [3.8, 4) is 0 Å². The molecule has 86 valence electrons. The summed E-state index contributed by atoms with van der Waals surface area (Å²) >= 11 is 1.91. The fourth-order valence-electron chi connectivity index (χ4n) is 2.17. The highest BCUT2D eigenvalue weighted by molar-refractivity contribution is 8.00. The third-order valence-corrected chi connectivity index (χ3v) is 4.23. The van der Waals surface area contributed by atoms with Gasteiger partial charge in [-0.1, -0.05) is 30.3 Å². The average Bonchev–Trinajstić information content (AvgIpc) is 2.31. The van der Waals surface area contributed by atoms with E-state index in [9.17, 15) is 4.79 Å². The Bertz CT molecular complexity index is 346. The molecule has 0 saturated carbocycles. The largest absolute Gasteiger partial charge is 0.315 e. The lowest BCUT2D eigenvalue weighted by atomic mass is 9.91. The van der Waals surface area contributed by atoms with Gasteiger partial charge in [-0.3, -0.25) is 4.79 Å². The zero-order chi connectivity index (χ0) is 11.4. The molecule has 0 aromatic heterocycles. The van der Waals surface area contributed by atoms with Gasteiger partial charge in [0.2, 0.25) is 0 Å². The molecule has 1 aliphatic rings. The molecular weight excluding hydrogens is 218 g/mol. The molecule has 1 aromatic carbocycles. The number of rotatable bonds is 3. The molecule has 2 nitrogen and oxygen atoms in total. The van der Waals surface area contributed by atoms with E-state index in [1.54, 1.807) is 6.92 Å². The van der Waals surface area contributed by atoms with Crippen molar-refractivity contribution in [2.45, 2.75) is 18.1 Å². The molecule has 0 radical (unpaired) electrons. The molecular formula is C13H17NOS. The first kappa shape index (κ1) is 11.7. The van der Waals surface area contributed by atoms with Gasteiger partial charge in [0, 0.05) is 24.1 Å². The highest BCUT2D eigenvalue weighted by Crippen LogP contribution is 2.30. The maximum Gasteiger partial charge on any atom is 0.138 e. The smallest absolute Gasteiger partial charge is 0.138 e. The number of hydrogen-bond acceptors (Lipinski definition) is 3. The van der Waals surface area contributed by atoms with E-state index >= 15 is 0 Å². The van der Waals surface area contributed by atoms with Gasteiger partial charge in [-0.15, -0.1) is 0 Å². The first-order valence-corrected chi connectivity index (χ1v) is 6.71. The van der Waals surface area contributed by atoms with Crippen molar-refractivity contribution in [1.29, 1.82) is 0 Å². The second-order valence-corrected chi connectivity index (χ2v) is 5.46. The van der Waals surface area contributed by atoms with Crippen LogP contribution in [0.15, 0.2) is 30.3 Å². The summed E-state index contributed by atoms with van der Waals surface area (Å²) in [6, 6.07) is 10.1. The maximum atomic E-state index is 11.8. The molecule has 0 aliphatic carbocycles. The number of carbonyl (C=O) groups is 1. The summed E-state index contributed by atoms with van der Waals surface area (Å²) in [5.74, 6) is 1.41. The Morgan fingerprint density at radius 2 is 2.19 bits per heavy atom. The van der Waals surface area contributed by atoms with Crippen LogP contribution in [-0.2, 0) is 4.79 Å². The molecule has 2 atom stereocenters. The predicted molar refractivity (Wildman–Crippen MR) is 69.0 cm³/mol. The summed E-state index contributed by atoms with van der Waals surface area (Å²) in [5, 5.41) is 3.75. The molecule has 2 unspecified atom stereocenters. The predicted octanol–water partition coefficient (Wildman–Crippen LogP) is 2.06. The van der Waals surface area contributed by atoms with Gasteiger partial charge in [-0.2, -0.15) is 11.8 Å². The fraction of sp³-hybridized carbons (Fsp3) is 0.462. The molecule has 1 heterocycles. The quantitative estimate of drug-likeness (QED) is 0.869. The molecule has 3 heteroatoms. The van der Waals surface area contributed by atoms with Gasteiger partial charge in [-0.05, 0) is 12.5 Å². The van der Waals surface area contributed by atoms with Crippen LogP contribution in [0, 0.1) is 0 Å². The van der Waals surface area contributed by atoms with E-state index in [1.807, 2.05) is 30.0 Å². The van der Waals surface area contributed by atoms with Crippen LogP contribution in [-0.4, -0.2) is 29.9 Å². The van der Waals surface area contributed by atoms with Crippen LogP contribution >= 0.6 is 11.8 Å². The number of nitrogens with one attached hydrogen (secondary N) is 1. The van der Waals surface area contributed by atoms with Gasteiger partial charge in [0.05, 0.1) is 5.92 Å². The van der Waals surface area contributed by atoms with Crippen molar-refractivity contribution in [1.82, 2.24) is 5.32 Å². The molecule has 1 aromatic rings. The van der Waals surface area contributed by atoms with Gasteiger partial charge >= 0.3 is 0 Å². The van der Waals surface area contributed by atoms with Crippen molar-refractivity contribution in [3.63, 3.8) is 0 Å². The Balaban J connectivity index is 2.20. The normalized spacial score (nSPS) is 22.7. The van der Waals surface area contributed by atoms with Crippen LogP contribution < -0.4 is 5.32 Å². The third kappa shape index (κ3) is 2.66. The minimum Gasteiger partial charge on any atom is -0.315 e. The summed E-state index contributed by atoms with van der Waals surface area (Å²) in [7, 11) is 0. The first-order valence-electron chi connectivity index (χ1n) is 5.67. The summed E-state index contributed by atoms with van der Waals surface area (Å²) in [6.07, 6.45) is 0. The summed E-state index contributed by atoms with van der Waals surface area (Å²) in [4.78, 5) is 11.8. The van der Waals surface area contributed by atoms with E-state index in [4.69, 9.17) is 0 Å². The van der Waals surface area contributed by atoms with Crippen LogP contribution in [0.5, 0.6) is 0 Å².